The molecule has 33 heavy (non-hydrogen) atoms. The second-order valence-corrected chi connectivity index (χ2v) is 9.76. The normalized spacial score (nSPS) is 13.1. The van der Waals surface area contributed by atoms with Crippen molar-refractivity contribution in [3.8, 4) is 17.1 Å². The van der Waals surface area contributed by atoms with E-state index in [0.29, 0.717) is 34.9 Å². The summed E-state index contributed by atoms with van der Waals surface area (Å²) in [4.78, 5) is 14.4. The molecule has 10 nitrogen and oxygen atoms in total. The summed E-state index contributed by atoms with van der Waals surface area (Å²) in [5, 5.41) is 4.59. The number of ether oxygens (including phenoxy) is 2. The van der Waals surface area contributed by atoms with E-state index < -0.39 is 16.2 Å². The summed E-state index contributed by atoms with van der Waals surface area (Å²) in [5.41, 5.74) is 4.93. The van der Waals surface area contributed by atoms with Gasteiger partial charge in [0.25, 0.3) is 10.1 Å². The quantitative estimate of drug-likeness (QED) is 0.406. The number of hydrogen-bond acceptors (Lipinski definition) is 9. The van der Waals surface area contributed by atoms with Gasteiger partial charge >= 0.3 is 0 Å². The molecule has 0 amide bonds. The van der Waals surface area contributed by atoms with Crippen LogP contribution in [0.15, 0.2) is 12.1 Å². The van der Waals surface area contributed by atoms with Gasteiger partial charge in [0.1, 0.15) is 11.6 Å². The first-order chi connectivity index (χ1) is 15.6. The monoisotopic (exact) mass is 477 g/mol. The highest BCUT2D eigenvalue weighted by atomic mass is 32.2. The van der Waals surface area contributed by atoms with Gasteiger partial charge in [-0.25, -0.2) is 19.6 Å². The van der Waals surface area contributed by atoms with Crippen LogP contribution in [0.25, 0.3) is 22.4 Å². The molecule has 0 bridgehead atoms. The minimum Gasteiger partial charge on any atom is -0.480 e. The Balaban J connectivity index is 2.16. The lowest BCUT2D eigenvalue weighted by atomic mass is 10.1. The number of nitrogens with zero attached hydrogens (tertiary/aromatic N) is 5. The van der Waals surface area contributed by atoms with E-state index in [9.17, 15) is 8.42 Å². The summed E-state index contributed by atoms with van der Waals surface area (Å²) in [6, 6.07) is 3.44. The number of aryl methyl sites for hydroxylation is 2. The smallest absolute Gasteiger partial charge is 0.264 e. The fraction of sp³-hybridized carbons (Fsp3) is 0.545. The topological polar surface area (TPSA) is 118 Å². The van der Waals surface area contributed by atoms with Crippen LogP contribution < -0.4 is 4.74 Å². The third-order valence-electron chi connectivity index (χ3n) is 5.20. The Bertz CT molecular complexity index is 1240. The molecule has 3 heterocycles. The molecule has 0 saturated heterocycles. The molecule has 0 fully saturated rings. The SMILES string of the molecule is CCc1nc2c(nc1-c1ccc(C(C)C)nc1OC)c(C)nn2C(COC)COS(C)(=O)=O. The fourth-order valence-electron chi connectivity index (χ4n) is 3.53. The first-order valence-electron chi connectivity index (χ1n) is 10.7. The Kier molecular flexibility index (Phi) is 7.65. The third kappa shape index (κ3) is 5.48. The Morgan fingerprint density at radius 1 is 1.09 bits per heavy atom. The average molecular weight is 478 g/mol. The zero-order valence-corrected chi connectivity index (χ0v) is 20.9. The molecule has 0 N–H and O–H groups in total. The summed E-state index contributed by atoms with van der Waals surface area (Å²) >= 11 is 0. The highest BCUT2D eigenvalue weighted by Crippen LogP contribution is 2.33. The Labute approximate surface area is 194 Å². The third-order valence-corrected chi connectivity index (χ3v) is 5.77. The van der Waals surface area contributed by atoms with Crippen LogP contribution in [0.3, 0.4) is 0 Å². The fourth-order valence-corrected chi connectivity index (χ4v) is 3.94. The van der Waals surface area contributed by atoms with Gasteiger partial charge in [-0.2, -0.15) is 13.5 Å². The molecule has 0 saturated carbocycles. The van der Waals surface area contributed by atoms with Crippen LogP contribution in [0.4, 0.5) is 0 Å². The first kappa shape index (κ1) is 25.0. The number of hydrogen-bond donors (Lipinski definition) is 0. The summed E-state index contributed by atoms with van der Waals surface area (Å²) in [6.07, 6.45) is 1.63. The zero-order valence-electron chi connectivity index (χ0n) is 20.1. The number of rotatable bonds is 10. The second kappa shape index (κ2) is 10.1. The molecule has 3 aromatic heterocycles. The number of pyridine rings is 1. The van der Waals surface area contributed by atoms with Crippen molar-refractivity contribution in [3.05, 3.63) is 29.2 Å². The van der Waals surface area contributed by atoms with Crippen molar-refractivity contribution in [2.75, 3.05) is 33.7 Å². The number of aromatic nitrogens is 5. The molecular weight excluding hydrogens is 446 g/mol. The highest BCUT2D eigenvalue weighted by Gasteiger charge is 2.24. The van der Waals surface area contributed by atoms with Crippen molar-refractivity contribution in [2.24, 2.45) is 0 Å². The molecule has 0 aliphatic rings. The van der Waals surface area contributed by atoms with Gasteiger partial charge in [-0.05, 0) is 31.4 Å². The average Bonchev–Trinajstić information content (AvgIpc) is 3.09. The maximum absolute atomic E-state index is 11.5. The Hall–Kier alpha value is -2.63. The predicted molar refractivity (Wildman–Crippen MR) is 125 cm³/mol. The van der Waals surface area contributed by atoms with E-state index in [4.69, 9.17) is 23.6 Å². The molecule has 0 spiro atoms. The van der Waals surface area contributed by atoms with E-state index >= 15 is 0 Å². The van der Waals surface area contributed by atoms with Crippen LogP contribution >= 0.6 is 0 Å². The molecule has 1 unspecified atom stereocenters. The first-order valence-corrected chi connectivity index (χ1v) is 12.6. The van der Waals surface area contributed by atoms with Crippen LogP contribution in [0, 0.1) is 6.92 Å². The van der Waals surface area contributed by atoms with Gasteiger partial charge in [0.15, 0.2) is 5.65 Å². The summed E-state index contributed by atoms with van der Waals surface area (Å²) in [5.74, 6) is 0.757. The van der Waals surface area contributed by atoms with Gasteiger partial charge in [-0.15, -0.1) is 0 Å². The molecule has 1 atom stereocenters. The van der Waals surface area contributed by atoms with Crippen LogP contribution in [0.2, 0.25) is 0 Å². The summed E-state index contributed by atoms with van der Waals surface area (Å²) in [6.45, 7) is 8.06. The van der Waals surface area contributed by atoms with Gasteiger partial charge in [0, 0.05) is 12.8 Å². The van der Waals surface area contributed by atoms with Crippen molar-refractivity contribution in [3.63, 3.8) is 0 Å². The van der Waals surface area contributed by atoms with E-state index in [1.165, 1.54) is 7.11 Å². The second-order valence-electron chi connectivity index (χ2n) is 8.12. The Morgan fingerprint density at radius 2 is 1.82 bits per heavy atom. The van der Waals surface area contributed by atoms with E-state index in [1.54, 1.807) is 11.8 Å². The van der Waals surface area contributed by atoms with Crippen LogP contribution in [-0.4, -0.2) is 66.8 Å². The summed E-state index contributed by atoms with van der Waals surface area (Å²) in [7, 11) is -0.492. The number of methoxy groups -OCH3 is 2. The molecule has 0 aliphatic heterocycles. The molecule has 11 heteroatoms. The van der Waals surface area contributed by atoms with E-state index in [0.717, 1.165) is 23.2 Å². The minimum absolute atomic E-state index is 0.123. The zero-order chi connectivity index (χ0) is 24.3. The minimum atomic E-state index is -3.62. The van der Waals surface area contributed by atoms with Crippen molar-refractivity contribution < 1.29 is 22.1 Å². The summed E-state index contributed by atoms with van der Waals surface area (Å²) < 4.78 is 40.6. The molecule has 0 radical (unpaired) electrons. The maximum atomic E-state index is 11.5. The predicted octanol–water partition coefficient (Wildman–Crippen LogP) is 3.05. The Morgan fingerprint density at radius 3 is 2.39 bits per heavy atom. The van der Waals surface area contributed by atoms with Crippen molar-refractivity contribution in [1.82, 2.24) is 24.7 Å². The van der Waals surface area contributed by atoms with Crippen LogP contribution in [-0.2, 0) is 25.5 Å². The van der Waals surface area contributed by atoms with Crippen LogP contribution in [0.5, 0.6) is 5.88 Å². The van der Waals surface area contributed by atoms with E-state index in [1.807, 2.05) is 26.0 Å². The lowest BCUT2D eigenvalue weighted by Crippen LogP contribution is -2.23. The number of fused-ring (bicyclic) bond motifs is 1. The standard InChI is InChI=1S/C22H31N5O5S/c1-8-17-20(16-9-10-18(13(2)3)24-22(16)31-6)25-19-14(4)26-27(21(19)23-17)15(11-30-5)12-32-33(7,28)29/h9-10,13,15H,8,11-12H2,1-7H3. The van der Waals surface area contributed by atoms with Crippen molar-refractivity contribution in [2.45, 2.75) is 46.1 Å². The van der Waals surface area contributed by atoms with E-state index in [2.05, 4.69) is 23.9 Å². The highest BCUT2D eigenvalue weighted by molar-refractivity contribution is 7.85. The molecule has 0 aliphatic carbocycles. The maximum Gasteiger partial charge on any atom is 0.264 e. The van der Waals surface area contributed by atoms with Gasteiger partial charge < -0.3 is 9.47 Å². The van der Waals surface area contributed by atoms with Gasteiger partial charge in [0.2, 0.25) is 5.88 Å². The van der Waals surface area contributed by atoms with Gasteiger partial charge in [0.05, 0.1) is 49.2 Å². The molecule has 3 rings (SSSR count). The van der Waals surface area contributed by atoms with Gasteiger partial charge in [-0.1, -0.05) is 20.8 Å². The molecule has 180 valence electrons. The lowest BCUT2D eigenvalue weighted by Gasteiger charge is -2.17. The molecule has 0 aromatic carbocycles. The van der Waals surface area contributed by atoms with Crippen LogP contribution in [0.1, 0.15) is 49.8 Å². The lowest BCUT2D eigenvalue weighted by molar-refractivity contribution is 0.120. The van der Waals surface area contributed by atoms with Crippen molar-refractivity contribution >= 4 is 21.3 Å². The molecular formula is C22H31N5O5S. The van der Waals surface area contributed by atoms with Gasteiger partial charge in [-0.3, -0.25) is 4.18 Å². The largest absolute Gasteiger partial charge is 0.480 e. The van der Waals surface area contributed by atoms with Crippen molar-refractivity contribution in [1.29, 1.82) is 0 Å². The molecule has 3 aromatic rings. The van der Waals surface area contributed by atoms with E-state index in [-0.39, 0.29) is 19.1 Å².